The molecule has 0 aliphatic carbocycles. The lowest BCUT2D eigenvalue weighted by atomic mass is 10.1. The van der Waals surface area contributed by atoms with Gasteiger partial charge in [0.15, 0.2) is 5.11 Å². The van der Waals surface area contributed by atoms with E-state index in [0.29, 0.717) is 21.8 Å². The lowest BCUT2D eigenvalue weighted by molar-refractivity contribution is 0.0697. The number of benzene rings is 2. The molecule has 0 spiro atoms. The standard InChI is InChI=1S/C20H16ClN3O4S2/c1-10(15-9-30-18(17(15)26)11-2-5-13(25)6-3-11)23-24-20(29)22-12-4-7-14(19(27)28)16(21)8-12/h2-9,25-26H,1H3,(H,27,28)(H2,22,24,29)/b23-10+. The summed E-state index contributed by atoms with van der Waals surface area (Å²) in [6, 6.07) is 10.9. The molecular weight excluding hydrogens is 446 g/mol. The van der Waals surface area contributed by atoms with Gasteiger partial charge >= 0.3 is 5.97 Å². The van der Waals surface area contributed by atoms with Gasteiger partial charge in [-0.1, -0.05) is 11.6 Å². The van der Waals surface area contributed by atoms with Crippen LogP contribution in [0.2, 0.25) is 5.02 Å². The number of phenols is 1. The van der Waals surface area contributed by atoms with E-state index in [1.165, 1.54) is 29.5 Å². The van der Waals surface area contributed by atoms with Crippen LogP contribution in [0.5, 0.6) is 11.5 Å². The summed E-state index contributed by atoms with van der Waals surface area (Å²) in [6.07, 6.45) is 0. The number of thiophene rings is 1. The van der Waals surface area contributed by atoms with E-state index >= 15 is 0 Å². The van der Waals surface area contributed by atoms with Crippen LogP contribution >= 0.6 is 35.2 Å². The second-order valence-electron chi connectivity index (χ2n) is 6.14. The van der Waals surface area contributed by atoms with Crippen molar-refractivity contribution in [3.05, 3.63) is 64.0 Å². The first-order chi connectivity index (χ1) is 14.3. The number of carboxylic acids is 1. The highest BCUT2D eigenvalue weighted by Crippen LogP contribution is 2.39. The second-order valence-corrected chi connectivity index (χ2v) is 7.83. The van der Waals surface area contributed by atoms with Crippen molar-refractivity contribution in [1.29, 1.82) is 0 Å². The molecule has 7 nitrogen and oxygen atoms in total. The molecule has 0 unspecified atom stereocenters. The van der Waals surface area contributed by atoms with Gasteiger partial charge in [-0.3, -0.25) is 5.43 Å². The van der Waals surface area contributed by atoms with E-state index in [9.17, 15) is 15.0 Å². The van der Waals surface area contributed by atoms with E-state index in [-0.39, 0.29) is 27.2 Å². The molecule has 0 aliphatic rings. The normalized spacial score (nSPS) is 11.2. The first kappa shape index (κ1) is 21.6. The van der Waals surface area contributed by atoms with Crippen LogP contribution < -0.4 is 10.7 Å². The minimum Gasteiger partial charge on any atom is -0.508 e. The van der Waals surface area contributed by atoms with E-state index in [1.54, 1.807) is 36.6 Å². The number of nitrogens with one attached hydrogen (secondary N) is 2. The average Bonchev–Trinajstić information content (AvgIpc) is 3.08. The third kappa shape index (κ3) is 4.88. The van der Waals surface area contributed by atoms with Crippen LogP contribution in [0.15, 0.2) is 52.9 Å². The Bertz CT molecular complexity index is 1140. The number of hydrogen-bond donors (Lipinski definition) is 5. The predicted molar refractivity (Wildman–Crippen MR) is 123 cm³/mol. The van der Waals surface area contributed by atoms with Crippen LogP contribution in [-0.4, -0.2) is 32.1 Å². The smallest absolute Gasteiger partial charge is 0.337 e. The Morgan fingerprint density at radius 2 is 1.83 bits per heavy atom. The highest BCUT2D eigenvalue weighted by Gasteiger charge is 2.15. The van der Waals surface area contributed by atoms with Gasteiger partial charge in [-0.15, -0.1) is 11.3 Å². The molecule has 1 heterocycles. The third-order valence-corrected chi connectivity index (χ3v) is 5.59. The number of halogens is 1. The molecule has 0 fully saturated rings. The number of phenolic OH excluding ortho intramolecular Hbond substituents is 1. The Morgan fingerprint density at radius 1 is 1.13 bits per heavy atom. The topological polar surface area (TPSA) is 114 Å². The van der Waals surface area contributed by atoms with Gasteiger partial charge in [0.2, 0.25) is 0 Å². The Morgan fingerprint density at radius 3 is 2.47 bits per heavy atom. The van der Waals surface area contributed by atoms with Gasteiger partial charge in [-0.25, -0.2) is 4.79 Å². The van der Waals surface area contributed by atoms with Crippen molar-refractivity contribution >= 4 is 57.6 Å². The Hall–Kier alpha value is -3.14. The number of aromatic hydroxyl groups is 2. The fourth-order valence-electron chi connectivity index (χ4n) is 2.55. The van der Waals surface area contributed by atoms with Gasteiger partial charge in [0, 0.05) is 11.1 Å². The molecule has 0 saturated heterocycles. The van der Waals surface area contributed by atoms with Crippen LogP contribution in [0.3, 0.4) is 0 Å². The van der Waals surface area contributed by atoms with Crippen molar-refractivity contribution in [2.24, 2.45) is 5.10 Å². The maximum atomic E-state index is 11.0. The van der Waals surface area contributed by atoms with E-state index < -0.39 is 5.97 Å². The fraction of sp³-hybridized carbons (Fsp3) is 0.0500. The summed E-state index contributed by atoms with van der Waals surface area (Å²) in [6.45, 7) is 1.72. The summed E-state index contributed by atoms with van der Waals surface area (Å²) in [5.74, 6) is -0.879. The zero-order valence-corrected chi connectivity index (χ0v) is 17.9. The molecule has 0 atom stereocenters. The summed E-state index contributed by atoms with van der Waals surface area (Å²) in [4.78, 5) is 11.7. The van der Waals surface area contributed by atoms with Gasteiger partial charge in [-0.05, 0) is 67.2 Å². The molecule has 0 saturated carbocycles. The number of carboxylic acid groups (broad SMARTS) is 1. The van der Waals surface area contributed by atoms with Gasteiger partial charge < -0.3 is 20.6 Å². The van der Waals surface area contributed by atoms with Crippen LogP contribution in [0, 0.1) is 0 Å². The van der Waals surface area contributed by atoms with Crippen LogP contribution in [0.4, 0.5) is 5.69 Å². The maximum Gasteiger partial charge on any atom is 0.337 e. The number of anilines is 1. The third-order valence-electron chi connectivity index (χ3n) is 4.07. The van der Waals surface area contributed by atoms with Crippen LogP contribution in [-0.2, 0) is 0 Å². The lowest BCUT2D eigenvalue weighted by Gasteiger charge is -2.09. The Kier molecular flexibility index (Phi) is 6.56. The molecule has 3 rings (SSSR count). The summed E-state index contributed by atoms with van der Waals surface area (Å²) in [5.41, 5.74) is 5.01. The lowest BCUT2D eigenvalue weighted by Crippen LogP contribution is -2.25. The maximum absolute atomic E-state index is 11.0. The number of hydrogen-bond acceptors (Lipinski definition) is 6. The molecule has 30 heavy (non-hydrogen) atoms. The number of rotatable bonds is 5. The average molecular weight is 462 g/mol. The fourth-order valence-corrected chi connectivity index (χ4v) is 3.98. The second kappa shape index (κ2) is 9.12. The van der Waals surface area contributed by atoms with Gasteiger partial charge in [0.1, 0.15) is 11.5 Å². The molecular formula is C20H16ClN3O4S2. The minimum absolute atomic E-state index is 0.00711. The zero-order chi connectivity index (χ0) is 21.8. The van der Waals surface area contributed by atoms with E-state index in [0.717, 1.165) is 5.56 Å². The Labute approximate surface area is 186 Å². The summed E-state index contributed by atoms with van der Waals surface area (Å²) >= 11 is 12.5. The number of thiocarbonyl (C=S) groups is 1. The zero-order valence-electron chi connectivity index (χ0n) is 15.5. The molecule has 1 aromatic heterocycles. The van der Waals surface area contributed by atoms with Crippen molar-refractivity contribution < 1.29 is 20.1 Å². The van der Waals surface area contributed by atoms with E-state index in [2.05, 4.69) is 15.8 Å². The molecule has 0 aliphatic heterocycles. The largest absolute Gasteiger partial charge is 0.508 e. The molecule has 5 N–H and O–H groups in total. The summed E-state index contributed by atoms with van der Waals surface area (Å²) in [5, 5.41) is 38.0. The summed E-state index contributed by atoms with van der Waals surface area (Å²) < 4.78 is 0. The molecule has 10 heteroatoms. The molecule has 3 aromatic rings. The molecule has 154 valence electrons. The predicted octanol–water partition coefficient (Wildman–Crippen LogP) is 4.89. The van der Waals surface area contributed by atoms with Gasteiger partial charge in [-0.2, -0.15) is 5.10 Å². The molecule has 2 aromatic carbocycles. The van der Waals surface area contributed by atoms with Crippen LogP contribution in [0.25, 0.3) is 10.4 Å². The first-order valence-corrected chi connectivity index (χ1v) is 10.2. The molecule has 0 radical (unpaired) electrons. The number of carbonyl (C=O) groups is 1. The molecule has 0 amide bonds. The number of hydrazone groups is 1. The summed E-state index contributed by atoms with van der Waals surface area (Å²) in [7, 11) is 0. The highest BCUT2D eigenvalue weighted by atomic mass is 35.5. The first-order valence-electron chi connectivity index (χ1n) is 8.50. The quantitative estimate of drug-likeness (QED) is 0.209. The van der Waals surface area contributed by atoms with Crippen LogP contribution in [0.1, 0.15) is 22.8 Å². The minimum atomic E-state index is -1.12. The Balaban J connectivity index is 1.69. The molecule has 0 bridgehead atoms. The van der Waals surface area contributed by atoms with Crippen molar-refractivity contribution in [3.63, 3.8) is 0 Å². The van der Waals surface area contributed by atoms with Gasteiger partial charge in [0.25, 0.3) is 0 Å². The van der Waals surface area contributed by atoms with E-state index in [1.807, 2.05) is 0 Å². The van der Waals surface area contributed by atoms with Crippen molar-refractivity contribution in [1.82, 2.24) is 5.43 Å². The SMILES string of the molecule is C/C(=N\NC(=S)Nc1ccc(C(=O)O)c(Cl)c1)c1csc(-c2ccc(O)cc2)c1O. The number of aromatic carboxylic acids is 1. The van der Waals surface area contributed by atoms with Crippen molar-refractivity contribution in [2.75, 3.05) is 5.32 Å². The highest BCUT2D eigenvalue weighted by molar-refractivity contribution is 7.80. The van der Waals surface area contributed by atoms with Gasteiger partial charge in [0.05, 0.1) is 26.7 Å². The number of nitrogens with zero attached hydrogens (tertiary/aromatic N) is 1. The monoisotopic (exact) mass is 461 g/mol. The van der Waals surface area contributed by atoms with Crippen molar-refractivity contribution in [3.8, 4) is 21.9 Å². The van der Waals surface area contributed by atoms with Crippen molar-refractivity contribution in [2.45, 2.75) is 6.92 Å². The van der Waals surface area contributed by atoms with E-state index in [4.69, 9.17) is 28.9 Å².